The molecule has 2 fully saturated rings. The summed E-state index contributed by atoms with van der Waals surface area (Å²) in [7, 11) is 0. The van der Waals surface area contributed by atoms with Crippen molar-refractivity contribution in [2.75, 3.05) is 5.32 Å². The molecule has 1 aromatic heterocycles. The predicted molar refractivity (Wildman–Crippen MR) is 62.2 cm³/mol. The van der Waals surface area contributed by atoms with Gasteiger partial charge in [-0.3, -0.25) is 4.79 Å². The first-order valence-electron chi connectivity index (χ1n) is 5.67. The number of pyridine rings is 1. The maximum absolute atomic E-state index is 11.9. The van der Waals surface area contributed by atoms with Gasteiger partial charge in [0.2, 0.25) is 5.91 Å². The molecule has 1 amide bonds. The fourth-order valence-electron chi connectivity index (χ4n) is 2.25. The van der Waals surface area contributed by atoms with E-state index in [2.05, 4.69) is 10.3 Å². The average Bonchev–Trinajstić information content (AvgIpc) is 3.14. The van der Waals surface area contributed by atoms with Gasteiger partial charge in [0.15, 0.2) is 5.82 Å². The average molecular weight is 237 g/mol. The molecule has 0 spiro atoms. The summed E-state index contributed by atoms with van der Waals surface area (Å²) in [6.07, 6.45) is 5.28. The molecule has 2 atom stereocenters. The van der Waals surface area contributed by atoms with Gasteiger partial charge in [0, 0.05) is 12.1 Å². The normalized spacial score (nSPS) is 27.6. The van der Waals surface area contributed by atoms with Gasteiger partial charge >= 0.3 is 0 Å². The number of halogens is 1. The molecule has 0 aromatic carbocycles. The smallest absolute Gasteiger partial charge is 0.228 e. The molecule has 2 aliphatic rings. The molecular weight excluding hydrogens is 224 g/mol. The van der Waals surface area contributed by atoms with Crippen LogP contribution in [0.2, 0.25) is 5.02 Å². The second-order valence-corrected chi connectivity index (χ2v) is 5.07. The largest absolute Gasteiger partial charge is 0.309 e. The molecule has 0 unspecified atom stereocenters. The van der Waals surface area contributed by atoms with Crippen LogP contribution in [0.15, 0.2) is 18.3 Å². The Labute approximate surface area is 99.2 Å². The predicted octanol–water partition coefficient (Wildman–Crippen LogP) is 2.72. The number of hydrogen-bond acceptors (Lipinski definition) is 2. The molecule has 3 nitrogen and oxygen atoms in total. The molecular formula is C12H13ClN2O. The lowest BCUT2D eigenvalue weighted by Crippen LogP contribution is -2.16. The number of rotatable bonds is 3. The molecule has 3 rings (SSSR count). The number of nitrogens with zero attached hydrogens (tertiary/aromatic N) is 1. The minimum Gasteiger partial charge on any atom is -0.309 e. The second-order valence-electron chi connectivity index (χ2n) is 4.67. The Balaban J connectivity index is 1.63. The van der Waals surface area contributed by atoms with Crippen molar-refractivity contribution in [1.29, 1.82) is 0 Å². The Bertz CT molecular complexity index is 431. The first kappa shape index (κ1) is 10.1. The van der Waals surface area contributed by atoms with Gasteiger partial charge in [-0.25, -0.2) is 4.98 Å². The van der Waals surface area contributed by atoms with Gasteiger partial charge in [-0.1, -0.05) is 11.6 Å². The van der Waals surface area contributed by atoms with Gasteiger partial charge < -0.3 is 5.32 Å². The van der Waals surface area contributed by atoms with Gasteiger partial charge in [-0.15, -0.1) is 0 Å². The van der Waals surface area contributed by atoms with Crippen molar-refractivity contribution < 1.29 is 4.79 Å². The van der Waals surface area contributed by atoms with E-state index < -0.39 is 0 Å². The molecule has 1 heterocycles. The highest BCUT2D eigenvalue weighted by Gasteiger charge is 2.51. The van der Waals surface area contributed by atoms with Crippen LogP contribution in [0.25, 0.3) is 0 Å². The summed E-state index contributed by atoms with van der Waals surface area (Å²) in [6.45, 7) is 0. The Morgan fingerprint density at radius 3 is 3.00 bits per heavy atom. The van der Waals surface area contributed by atoms with E-state index in [9.17, 15) is 4.79 Å². The first-order valence-corrected chi connectivity index (χ1v) is 6.05. The SMILES string of the molecule is O=C(Nc1ncccc1Cl)[C@@H]1C[C@H]1C1CC1. The van der Waals surface area contributed by atoms with E-state index in [-0.39, 0.29) is 11.8 Å². The third kappa shape index (κ3) is 1.92. The molecule has 2 aliphatic carbocycles. The molecule has 16 heavy (non-hydrogen) atoms. The molecule has 0 aliphatic heterocycles. The van der Waals surface area contributed by atoms with E-state index in [4.69, 9.17) is 11.6 Å². The Morgan fingerprint density at radius 1 is 1.50 bits per heavy atom. The third-order valence-corrected chi connectivity index (χ3v) is 3.71. The van der Waals surface area contributed by atoms with Crippen molar-refractivity contribution in [3.63, 3.8) is 0 Å². The zero-order chi connectivity index (χ0) is 11.1. The van der Waals surface area contributed by atoms with E-state index in [1.807, 2.05) is 0 Å². The van der Waals surface area contributed by atoms with Crippen LogP contribution in [0.3, 0.4) is 0 Å². The summed E-state index contributed by atoms with van der Waals surface area (Å²) in [5.41, 5.74) is 0. The lowest BCUT2D eigenvalue weighted by molar-refractivity contribution is -0.117. The topological polar surface area (TPSA) is 42.0 Å². The van der Waals surface area contributed by atoms with E-state index in [0.29, 0.717) is 16.8 Å². The minimum atomic E-state index is 0.0810. The van der Waals surface area contributed by atoms with E-state index in [0.717, 1.165) is 12.3 Å². The van der Waals surface area contributed by atoms with Crippen LogP contribution >= 0.6 is 11.6 Å². The zero-order valence-corrected chi connectivity index (χ0v) is 9.57. The van der Waals surface area contributed by atoms with E-state index in [1.54, 1.807) is 18.3 Å². The maximum atomic E-state index is 11.9. The first-order chi connectivity index (χ1) is 7.75. The van der Waals surface area contributed by atoms with Crippen LogP contribution < -0.4 is 5.32 Å². The standard InChI is InChI=1S/C12H13ClN2O/c13-10-2-1-5-14-11(10)15-12(16)9-6-8(9)7-3-4-7/h1-2,5,7-9H,3-4,6H2,(H,14,15,16)/t8-,9+/m0/s1. The van der Waals surface area contributed by atoms with Crippen molar-refractivity contribution >= 4 is 23.3 Å². The fraction of sp³-hybridized carbons (Fsp3) is 0.500. The van der Waals surface area contributed by atoms with E-state index in [1.165, 1.54) is 12.8 Å². The van der Waals surface area contributed by atoms with Gasteiger partial charge in [-0.2, -0.15) is 0 Å². The van der Waals surface area contributed by atoms with Gasteiger partial charge in [0.05, 0.1) is 5.02 Å². The van der Waals surface area contributed by atoms with Crippen molar-refractivity contribution in [2.45, 2.75) is 19.3 Å². The number of anilines is 1. The zero-order valence-electron chi connectivity index (χ0n) is 8.82. The van der Waals surface area contributed by atoms with Gasteiger partial charge in [0.1, 0.15) is 0 Å². The van der Waals surface area contributed by atoms with Crippen molar-refractivity contribution in [1.82, 2.24) is 4.98 Å². The highest BCUT2D eigenvalue weighted by atomic mass is 35.5. The van der Waals surface area contributed by atoms with Crippen molar-refractivity contribution in [2.24, 2.45) is 17.8 Å². The number of nitrogens with one attached hydrogen (secondary N) is 1. The number of hydrogen-bond donors (Lipinski definition) is 1. The summed E-state index contributed by atoms with van der Waals surface area (Å²) < 4.78 is 0. The number of amides is 1. The van der Waals surface area contributed by atoms with Crippen molar-refractivity contribution in [3.8, 4) is 0 Å². The summed E-state index contributed by atoms with van der Waals surface area (Å²) in [6, 6.07) is 3.48. The highest BCUT2D eigenvalue weighted by Crippen LogP contribution is 2.54. The van der Waals surface area contributed by atoms with Crippen LogP contribution in [0, 0.1) is 17.8 Å². The van der Waals surface area contributed by atoms with Crippen LogP contribution in [0.1, 0.15) is 19.3 Å². The van der Waals surface area contributed by atoms with Crippen LogP contribution in [0.5, 0.6) is 0 Å². The minimum absolute atomic E-state index is 0.0810. The molecule has 2 saturated carbocycles. The second kappa shape index (κ2) is 3.74. The monoisotopic (exact) mass is 236 g/mol. The lowest BCUT2D eigenvalue weighted by atomic mass is 10.2. The Morgan fingerprint density at radius 2 is 2.31 bits per heavy atom. The van der Waals surface area contributed by atoms with Gasteiger partial charge in [-0.05, 0) is 43.2 Å². The molecule has 4 heteroatoms. The van der Waals surface area contributed by atoms with Crippen molar-refractivity contribution in [3.05, 3.63) is 23.4 Å². The summed E-state index contributed by atoms with van der Waals surface area (Å²) >= 11 is 5.93. The Hall–Kier alpha value is -1.09. The summed E-state index contributed by atoms with van der Waals surface area (Å²) in [5, 5.41) is 3.30. The maximum Gasteiger partial charge on any atom is 0.228 e. The molecule has 84 valence electrons. The van der Waals surface area contributed by atoms with Crippen LogP contribution in [-0.4, -0.2) is 10.9 Å². The highest BCUT2D eigenvalue weighted by molar-refractivity contribution is 6.33. The summed E-state index contributed by atoms with van der Waals surface area (Å²) in [5.74, 6) is 2.20. The molecule has 0 saturated heterocycles. The number of carbonyl (C=O) groups is 1. The number of carbonyl (C=O) groups excluding carboxylic acids is 1. The lowest BCUT2D eigenvalue weighted by Gasteiger charge is -2.04. The number of aromatic nitrogens is 1. The molecule has 1 aromatic rings. The third-order valence-electron chi connectivity index (χ3n) is 3.40. The molecule has 1 N–H and O–H groups in total. The van der Waals surface area contributed by atoms with Gasteiger partial charge in [0.25, 0.3) is 0 Å². The quantitative estimate of drug-likeness (QED) is 0.877. The summed E-state index contributed by atoms with van der Waals surface area (Å²) in [4.78, 5) is 15.9. The molecule has 0 bridgehead atoms. The Kier molecular flexibility index (Phi) is 2.36. The van der Waals surface area contributed by atoms with Crippen LogP contribution in [0.4, 0.5) is 5.82 Å². The fourth-order valence-corrected chi connectivity index (χ4v) is 2.42. The van der Waals surface area contributed by atoms with Crippen LogP contribution in [-0.2, 0) is 4.79 Å². The molecule has 0 radical (unpaired) electrons. The van der Waals surface area contributed by atoms with E-state index >= 15 is 0 Å².